The summed E-state index contributed by atoms with van der Waals surface area (Å²) in [5.74, 6) is 0.762. The Morgan fingerprint density at radius 3 is 2.60 bits per heavy atom. The highest BCUT2D eigenvalue weighted by molar-refractivity contribution is 7.98. The van der Waals surface area contributed by atoms with Crippen molar-refractivity contribution in [3.63, 3.8) is 0 Å². The second-order valence-electron chi connectivity index (χ2n) is 6.78. The highest BCUT2D eigenvalue weighted by atomic mass is 32.2. The van der Waals surface area contributed by atoms with Crippen molar-refractivity contribution in [2.75, 3.05) is 24.6 Å². The molecule has 7 nitrogen and oxygen atoms in total. The first kappa shape index (κ1) is 21.0. The van der Waals surface area contributed by atoms with Crippen LogP contribution in [0.3, 0.4) is 0 Å². The number of amides is 1. The molecule has 0 N–H and O–H groups in total. The van der Waals surface area contributed by atoms with Gasteiger partial charge in [0.15, 0.2) is 26.1 Å². The summed E-state index contributed by atoms with van der Waals surface area (Å²) in [4.78, 5) is 17.3. The number of benzene rings is 2. The van der Waals surface area contributed by atoms with Crippen LogP contribution in [-0.2, 0) is 21.2 Å². The van der Waals surface area contributed by atoms with Crippen molar-refractivity contribution < 1.29 is 22.7 Å². The zero-order valence-electron chi connectivity index (χ0n) is 16.5. The lowest BCUT2D eigenvalue weighted by atomic mass is 10.2. The summed E-state index contributed by atoms with van der Waals surface area (Å²) in [6, 6.07) is 10.2. The van der Waals surface area contributed by atoms with Crippen molar-refractivity contribution in [1.29, 1.82) is 0 Å². The molecule has 30 heavy (non-hydrogen) atoms. The first-order valence-electron chi connectivity index (χ1n) is 9.16. The molecule has 0 saturated carbocycles. The van der Waals surface area contributed by atoms with Crippen molar-refractivity contribution in [3.8, 4) is 11.5 Å². The van der Waals surface area contributed by atoms with Gasteiger partial charge < -0.3 is 14.0 Å². The maximum absolute atomic E-state index is 12.6. The van der Waals surface area contributed by atoms with E-state index < -0.39 is 21.5 Å². The van der Waals surface area contributed by atoms with E-state index >= 15 is 0 Å². The van der Waals surface area contributed by atoms with Gasteiger partial charge in [0, 0.05) is 24.4 Å². The molecule has 0 radical (unpaired) electrons. The van der Waals surface area contributed by atoms with Gasteiger partial charge in [0.1, 0.15) is 5.75 Å². The Labute approximate surface area is 182 Å². The van der Waals surface area contributed by atoms with E-state index in [4.69, 9.17) is 9.47 Å². The Morgan fingerprint density at radius 1 is 1.20 bits per heavy atom. The number of hydrogen-bond acceptors (Lipinski definition) is 7. The third-order valence-electron chi connectivity index (χ3n) is 4.61. The molecule has 1 amide bonds. The van der Waals surface area contributed by atoms with Crippen molar-refractivity contribution in [3.05, 3.63) is 46.8 Å². The van der Waals surface area contributed by atoms with Gasteiger partial charge in [0.05, 0.1) is 15.1 Å². The van der Waals surface area contributed by atoms with E-state index in [9.17, 15) is 13.2 Å². The average Bonchev–Trinajstić information content (AvgIpc) is 3.27. The first-order valence-corrected chi connectivity index (χ1v) is 13.0. The van der Waals surface area contributed by atoms with Gasteiger partial charge in [-0.1, -0.05) is 29.0 Å². The second-order valence-corrected chi connectivity index (χ2v) is 10.8. The van der Waals surface area contributed by atoms with Crippen molar-refractivity contribution in [1.82, 2.24) is 4.57 Å². The summed E-state index contributed by atoms with van der Waals surface area (Å²) >= 11 is 3.00. The minimum Gasteiger partial charge on any atom is -0.454 e. The molecule has 158 valence electrons. The number of aryl methyl sites for hydroxylation is 2. The Bertz CT molecular complexity index is 1270. The number of carbonyl (C=O) groups is 1. The third kappa shape index (κ3) is 4.26. The van der Waals surface area contributed by atoms with Gasteiger partial charge in [0.2, 0.25) is 6.79 Å². The van der Waals surface area contributed by atoms with Crippen LogP contribution >= 0.6 is 23.1 Å². The van der Waals surface area contributed by atoms with Crippen molar-refractivity contribution >= 4 is 49.1 Å². The van der Waals surface area contributed by atoms with E-state index in [0.717, 1.165) is 21.5 Å². The number of nitrogens with zero attached hydrogens (tertiary/aromatic N) is 2. The molecule has 3 aromatic rings. The van der Waals surface area contributed by atoms with E-state index in [2.05, 4.69) is 4.99 Å². The Morgan fingerprint density at radius 2 is 1.90 bits per heavy atom. The lowest BCUT2D eigenvalue weighted by Crippen LogP contribution is -2.21. The Balaban J connectivity index is 1.70. The van der Waals surface area contributed by atoms with Gasteiger partial charge in [-0.2, -0.15) is 16.8 Å². The fourth-order valence-corrected chi connectivity index (χ4v) is 5.63. The van der Waals surface area contributed by atoms with Gasteiger partial charge in [-0.25, -0.2) is 8.42 Å². The molecule has 0 bridgehead atoms. The number of carbonyl (C=O) groups excluding carboxylic acids is 1. The van der Waals surface area contributed by atoms with Crippen molar-refractivity contribution in [2.24, 2.45) is 4.99 Å². The lowest BCUT2D eigenvalue weighted by molar-refractivity contribution is -0.115. The normalized spacial score (nSPS) is 13.9. The largest absolute Gasteiger partial charge is 0.454 e. The molecule has 2 heterocycles. The van der Waals surface area contributed by atoms with Crippen LogP contribution in [0.2, 0.25) is 0 Å². The summed E-state index contributed by atoms with van der Waals surface area (Å²) in [5, 5.41) is 0. The maximum atomic E-state index is 12.6. The SMILES string of the molecule is CSCCn1c(=NC(=O)CS(=O)(=O)c2ccc(C)cc2)sc2cc3c(cc21)OCO3. The molecular weight excluding hydrogens is 444 g/mol. The summed E-state index contributed by atoms with van der Waals surface area (Å²) in [6.45, 7) is 2.69. The highest BCUT2D eigenvalue weighted by Crippen LogP contribution is 2.37. The number of thioether (sulfide) groups is 1. The molecule has 1 aliphatic rings. The van der Waals surface area contributed by atoms with Crippen LogP contribution in [0.5, 0.6) is 11.5 Å². The van der Waals surface area contributed by atoms with Crippen LogP contribution in [0.4, 0.5) is 0 Å². The van der Waals surface area contributed by atoms with E-state index in [0.29, 0.717) is 22.8 Å². The van der Waals surface area contributed by atoms with Crippen LogP contribution in [0.25, 0.3) is 10.2 Å². The quantitative estimate of drug-likeness (QED) is 0.557. The van der Waals surface area contributed by atoms with E-state index in [1.54, 1.807) is 23.9 Å². The number of fused-ring (bicyclic) bond motifs is 2. The smallest absolute Gasteiger partial charge is 0.263 e. The predicted octanol–water partition coefficient (Wildman–Crippen LogP) is 3.00. The number of sulfone groups is 1. The van der Waals surface area contributed by atoms with Gasteiger partial charge >= 0.3 is 0 Å². The van der Waals surface area contributed by atoms with Crippen LogP contribution in [0.15, 0.2) is 46.3 Å². The average molecular weight is 465 g/mol. The fourth-order valence-electron chi connectivity index (χ4n) is 3.07. The first-order chi connectivity index (χ1) is 14.4. The zero-order valence-corrected chi connectivity index (χ0v) is 18.9. The van der Waals surface area contributed by atoms with Gasteiger partial charge in [-0.3, -0.25) is 4.79 Å². The minimum atomic E-state index is -3.76. The summed E-state index contributed by atoms with van der Waals surface area (Å²) < 4.78 is 38.9. The Kier molecular flexibility index (Phi) is 5.90. The number of aromatic nitrogens is 1. The number of thiazole rings is 1. The fraction of sp³-hybridized carbons (Fsp3) is 0.300. The van der Waals surface area contributed by atoms with E-state index in [1.807, 2.05) is 29.9 Å². The minimum absolute atomic E-state index is 0.119. The molecule has 4 rings (SSSR count). The summed E-state index contributed by atoms with van der Waals surface area (Å²) in [6.07, 6.45) is 2.00. The van der Waals surface area contributed by atoms with Crippen LogP contribution in [0.1, 0.15) is 5.56 Å². The summed E-state index contributed by atoms with van der Waals surface area (Å²) in [7, 11) is -3.76. The van der Waals surface area contributed by atoms with Gasteiger partial charge in [-0.05, 0) is 25.3 Å². The monoisotopic (exact) mass is 464 g/mol. The second kappa shape index (κ2) is 8.44. The molecular formula is C20H20N2O5S3. The zero-order chi connectivity index (χ0) is 21.3. The van der Waals surface area contributed by atoms with E-state index in [1.165, 1.54) is 23.5 Å². The molecule has 0 atom stereocenters. The third-order valence-corrected chi connectivity index (χ3v) is 7.86. The molecule has 0 spiro atoms. The molecule has 0 aliphatic carbocycles. The van der Waals surface area contributed by atoms with Crippen molar-refractivity contribution in [2.45, 2.75) is 18.4 Å². The van der Waals surface area contributed by atoms with E-state index in [-0.39, 0.29) is 11.7 Å². The number of hydrogen-bond donors (Lipinski definition) is 0. The standard InChI is InChI=1S/C20H20N2O5S3/c1-13-3-5-14(6-4-13)30(24,25)11-19(23)21-20-22(7-8-28-2)15-9-16-17(27-12-26-16)10-18(15)29-20/h3-6,9-10H,7-8,11-12H2,1-2H3. The predicted molar refractivity (Wildman–Crippen MR) is 118 cm³/mol. The highest BCUT2D eigenvalue weighted by Gasteiger charge is 2.21. The van der Waals surface area contributed by atoms with Crippen LogP contribution in [0, 0.1) is 6.92 Å². The molecule has 1 aliphatic heterocycles. The van der Waals surface area contributed by atoms with Gasteiger partial charge in [0.25, 0.3) is 5.91 Å². The van der Waals surface area contributed by atoms with Gasteiger partial charge in [-0.15, -0.1) is 0 Å². The number of rotatable bonds is 6. The molecule has 1 aromatic heterocycles. The van der Waals surface area contributed by atoms with Crippen LogP contribution in [-0.4, -0.2) is 43.4 Å². The topological polar surface area (TPSA) is 87.0 Å². The molecule has 10 heteroatoms. The Hall–Kier alpha value is -2.30. The molecule has 0 saturated heterocycles. The molecule has 0 fully saturated rings. The molecule has 2 aromatic carbocycles. The lowest BCUT2D eigenvalue weighted by Gasteiger charge is -2.05. The molecule has 0 unspecified atom stereocenters. The maximum Gasteiger partial charge on any atom is 0.263 e. The van der Waals surface area contributed by atoms with Crippen LogP contribution < -0.4 is 14.3 Å². The summed E-state index contributed by atoms with van der Waals surface area (Å²) in [5.41, 5.74) is 1.83. The number of ether oxygens (including phenoxy) is 2.